The van der Waals surface area contributed by atoms with Crippen LogP contribution in [0.25, 0.3) is 0 Å². The molecule has 1 amide bonds. The number of allylic oxidation sites excluding steroid dienone is 1. The monoisotopic (exact) mass is 277 g/mol. The molecule has 108 valence electrons. The Morgan fingerprint density at radius 3 is 2.35 bits per heavy atom. The molecular formula is C15H19NO4. The largest absolute Gasteiger partial charge is 0.494 e. The highest BCUT2D eigenvalue weighted by molar-refractivity contribution is 5.96. The fourth-order valence-corrected chi connectivity index (χ4v) is 1.52. The molecule has 0 spiro atoms. The Morgan fingerprint density at radius 2 is 1.80 bits per heavy atom. The molecule has 0 heterocycles. The second kappa shape index (κ2) is 7.99. The number of hydrogen-bond acceptors (Lipinski definition) is 4. The second-order valence-electron chi connectivity index (χ2n) is 3.99. The molecule has 1 N–H and O–H groups in total. The van der Waals surface area contributed by atoms with Gasteiger partial charge in [-0.25, -0.2) is 4.79 Å². The Hall–Kier alpha value is -2.30. The summed E-state index contributed by atoms with van der Waals surface area (Å²) in [4.78, 5) is 23.1. The fraction of sp³-hybridized carbons (Fsp3) is 0.333. The summed E-state index contributed by atoms with van der Waals surface area (Å²) in [6.07, 6.45) is 1.25. The smallest absolute Gasteiger partial charge is 0.332 e. The quantitative estimate of drug-likeness (QED) is 0.640. The van der Waals surface area contributed by atoms with Crippen molar-refractivity contribution in [2.45, 2.75) is 20.8 Å². The van der Waals surface area contributed by atoms with Gasteiger partial charge < -0.3 is 14.8 Å². The van der Waals surface area contributed by atoms with Gasteiger partial charge in [0.25, 0.3) is 5.91 Å². The zero-order valence-electron chi connectivity index (χ0n) is 11.9. The number of benzene rings is 1. The minimum atomic E-state index is -0.475. The van der Waals surface area contributed by atoms with Crippen molar-refractivity contribution in [1.29, 1.82) is 0 Å². The van der Waals surface area contributed by atoms with E-state index < -0.39 is 5.97 Å². The van der Waals surface area contributed by atoms with E-state index in [1.54, 1.807) is 38.1 Å². The Morgan fingerprint density at radius 1 is 1.15 bits per heavy atom. The molecule has 0 radical (unpaired) electrons. The average Bonchev–Trinajstić information content (AvgIpc) is 2.39. The summed E-state index contributed by atoms with van der Waals surface area (Å²) in [7, 11) is 0. The summed E-state index contributed by atoms with van der Waals surface area (Å²) >= 11 is 0. The van der Waals surface area contributed by atoms with Crippen LogP contribution in [0.4, 0.5) is 0 Å². The zero-order chi connectivity index (χ0) is 15.0. The molecular weight excluding hydrogens is 258 g/mol. The van der Waals surface area contributed by atoms with E-state index in [0.717, 1.165) is 0 Å². The van der Waals surface area contributed by atoms with E-state index >= 15 is 0 Å². The summed E-state index contributed by atoms with van der Waals surface area (Å²) in [5.74, 6) is -0.0501. The van der Waals surface area contributed by atoms with Crippen LogP contribution in [0.2, 0.25) is 0 Å². The SMILES string of the molecule is CCOC(=O)C=C(C)NC(=O)c1ccc(OCC)cc1. The van der Waals surface area contributed by atoms with Gasteiger partial charge in [-0.3, -0.25) is 4.79 Å². The maximum absolute atomic E-state index is 11.9. The number of rotatable bonds is 6. The predicted molar refractivity (Wildman–Crippen MR) is 75.5 cm³/mol. The van der Waals surface area contributed by atoms with E-state index in [-0.39, 0.29) is 5.91 Å². The molecule has 0 aliphatic carbocycles. The highest BCUT2D eigenvalue weighted by Gasteiger charge is 2.07. The minimum Gasteiger partial charge on any atom is -0.494 e. The molecule has 1 aromatic rings. The molecule has 0 saturated carbocycles. The van der Waals surface area contributed by atoms with Crippen molar-refractivity contribution in [2.24, 2.45) is 0 Å². The van der Waals surface area contributed by atoms with Gasteiger partial charge in [-0.05, 0) is 45.0 Å². The Kier molecular flexibility index (Phi) is 6.29. The Bertz CT molecular complexity index is 491. The van der Waals surface area contributed by atoms with E-state index in [1.807, 2.05) is 6.92 Å². The highest BCUT2D eigenvalue weighted by Crippen LogP contribution is 2.12. The predicted octanol–water partition coefficient (Wildman–Crippen LogP) is 2.28. The molecule has 0 aromatic heterocycles. The topological polar surface area (TPSA) is 64.6 Å². The van der Waals surface area contributed by atoms with Crippen LogP contribution in [0.5, 0.6) is 5.75 Å². The van der Waals surface area contributed by atoms with Crippen molar-refractivity contribution < 1.29 is 19.1 Å². The summed E-state index contributed by atoms with van der Waals surface area (Å²) in [5.41, 5.74) is 0.924. The lowest BCUT2D eigenvalue weighted by molar-refractivity contribution is -0.137. The third-order valence-electron chi connectivity index (χ3n) is 2.36. The summed E-state index contributed by atoms with van der Waals surface area (Å²) < 4.78 is 10.1. The molecule has 5 nitrogen and oxygen atoms in total. The van der Waals surface area contributed by atoms with E-state index in [2.05, 4.69) is 5.32 Å². The van der Waals surface area contributed by atoms with E-state index in [1.165, 1.54) is 6.08 Å². The minimum absolute atomic E-state index is 0.286. The van der Waals surface area contributed by atoms with Gasteiger partial charge in [0, 0.05) is 17.3 Å². The molecule has 0 bridgehead atoms. The third kappa shape index (κ3) is 5.14. The van der Waals surface area contributed by atoms with Crippen LogP contribution in [0.15, 0.2) is 36.0 Å². The van der Waals surface area contributed by atoms with Gasteiger partial charge in [0.05, 0.1) is 13.2 Å². The van der Waals surface area contributed by atoms with Gasteiger partial charge in [0.1, 0.15) is 5.75 Å². The fourth-order valence-electron chi connectivity index (χ4n) is 1.52. The first kappa shape index (κ1) is 15.8. The van der Waals surface area contributed by atoms with Gasteiger partial charge >= 0.3 is 5.97 Å². The lowest BCUT2D eigenvalue weighted by Gasteiger charge is -2.07. The first-order valence-electron chi connectivity index (χ1n) is 6.46. The van der Waals surface area contributed by atoms with Crippen LogP contribution in [-0.4, -0.2) is 25.1 Å². The van der Waals surface area contributed by atoms with Crippen molar-refractivity contribution in [2.75, 3.05) is 13.2 Å². The van der Waals surface area contributed by atoms with Crippen molar-refractivity contribution in [1.82, 2.24) is 5.32 Å². The van der Waals surface area contributed by atoms with Crippen molar-refractivity contribution >= 4 is 11.9 Å². The van der Waals surface area contributed by atoms with Crippen LogP contribution in [-0.2, 0) is 9.53 Å². The zero-order valence-corrected chi connectivity index (χ0v) is 11.9. The van der Waals surface area contributed by atoms with Crippen molar-refractivity contribution in [3.63, 3.8) is 0 Å². The summed E-state index contributed by atoms with van der Waals surface area (Å²) in [5, 5.41) is 2.62. The average molecular weight is 277 g/mol. The van der Waals surface area contributed by atoms with Crippen LogP contribution >= 0.6 is 0 Å². The summed E-state index contributed by atoms with van der Waals surface area (Å²) in [6, 6.07) is 6.78. The van der Waals surface area contributed by atoms with Crippen LogP contribution in [0.1, 0.15) is 31.1 Å². The van der Waals surface area contributed by atoms with Gasteiger partial charge in [-0.2, -0.15) is 0 Å². The molecule has 0 unspecified atom stereocenters. The van der Waals surface area contributed by atoms with Crippen molar-refractivity contribution in [3.05, 3.63) is 41.6 Å². The first-order chi connectivity index (χ1) is 9.56. The van der Waals surface area contributed by atoms with Crippen LogP contribution in [0.3, 0.4) is 0 Å². The number of nitrogens with one attached hydrogen (secondary N) is 1. The van der Waals surface area contributed by atoms with Crippen LogP contribution < -0.4 is 10.1 Å². The van der Waals surface area contributed by atoms with Gasteiger partial charge in [0.15, 0.2) is 0 Å². The lowest BCUT2D eigenvalue weighted by Crippen LogP contribution is -2.22. The number of ether oxygens (including phenoxy) is 2. The standard InChI is InChI=1S/C15H19NO4/c1-4-19-13-8-6-12(7-9-13)15(18)16-11(3)10-14(17)20-5-2/h6-10H,4-5H2,1-3H3,(H,16,18). The van der Waals surface area contributed by atoms with Gasteiger partial charge in [-0.15, -0.1) is 0 Å². The molecule has 1 aromatic carbocycles. The van der Waals surface area contributed by atoms with Gasteiger partial charge in [-0.1, -0.05) is 0 Å². The molecule has 0 aliphatic heterocycles. The highest BCUT2D eigenvalue weighted by atomic mass is 16.5. The number of amides is 1. The Labute approximate surface area is 118 Å². The Balaban J connectivity index is 2.64. The second-order valence-corrected chi connectivity index (χ2v) is 3.99. The van der Waals surface area contributed by atoms with Crippen molar-refractivity contribution in [3.8, 4) is 5.75 Å². The maximum Gasteiger partial charge on any atom is 0.332 e. The summed E-state index contributed by atoms with van der Waals surface area (Å²) in [6.45, 7) is 6.12. The maximum atomic E-state index is 11.9. The first-order valence-corrected chi connectivity index (χ1v) is 6.46. The molecule has 0 saturated heterocycles. The molecule has 0 aliphatic rings. The molecule has 1 rings (SSSR count). The number of carbonyl (C=O) groups excluding carboxylic acids is 2. The third-order valence-corrected chi connectivity index (χ3v) is 2.36. The number of hydrogen-bond donors (Lipinski definition) is 1. The number of esters is 1. The van der Waals surface area contributed by atoms with E-state index in [0.29, 0.717) is 30.2 Å². The lowest BCUT2D eigenvalue weighted by atomic mass is 10.2. The van der Waals surface area contributed by atoms with Crippen LogP contribution in [0, 0.1) is 0 Å². The molecule has 5 heteroatoms. The molecule has 0 fully saturated rings. The molecule has 20 heavy (non-hydrogen) atoms. The van der Waals surface area contributed by atoms with E-state index in [4.69, 9.17) is 9.47 Å². The molecule has 0 atom stereocenters. The van der Waals surface area contributed by atoms with E-state index in [9.17, 15) is 9.59 Å². The number of carbonyl (C=O) groups is 2. The van der Waals surface area contributed by atoms with Gasteiger partial charge in [0.2, 0.25) is 0 Å². The normalized spacial score (nSPS) is 10.8.